The summed E-state index contributed by atoms with van der Waals surface area (Å²) >= 11 is 1.64. The van der Waals surface area contributed by atoms with Crippen LogP contribution in [0.15, 0.2) is 64.9 Å². The molecule has 0 aliphatic carbocycles. The first kappa shape index (κ1) is 23.8. The van der Waals surface area contributed by atoms with Crippen LogP contribution in [-0.2, 0) is 27.7 Å². The van der Waals surface area contributed by atoms with Gasteiger partial charge >= 0.3 is 0 Å². The number of rotatable bonds is 8. The van der Waals surface area contributed by atoms with Crippen molar-refractivity contribution in [3.63, 3.8) is 0 Å². The van der Waals surface area contributed by atoms with Crippen LogP contribution in [0.2, 0.25) is 0 Å². The molecule has 2 aromatic carbocycles. The highest BCUT2D eigenvalue weighted by Crippen LogP contribution is 2.36. The number of thiophene rings is 1. The van der Waals surface area contributed by atoms with Crippen LogP contribution in [0.25, 0.3) is 21.3 Å². The summed E-state index contributed by atoms with van der Waals surface area (Å²) in [6.07, 6.45) is 0.714. The molecule has 1 aliphatic rings. The number of nitrogens with one attached hydrogen (secondary N) is 2. The average molecular weight is 511 g/mol. The highest BCUT2D eigenvalue weighted by molar-refractivity contribution is 7.89. The number of nitrogens with zero attached hydrogens (tertiary/aromatic N) is 2. The minimum Gasteiger partial charge on any atom is -0.370 e. The van der Waals surface area contributed by atoms with Crippen molar-refractivity contribution >= 4 is 37.4 Å². The summed E-state index contributed by atoms with van der Waals surface area (Å²) in [4.78, 5) is 12.4. The number of morpholine rings is 1. The van der Waals surface area contributed by atoms with Crippen molar-refractivity contribution in [2.75, 3.05) is 38.2 Å². The molecule has 35 heavy (non-hydrogen) atoms. The lowest BCUT2D eigenvalue weighted by Crippen LogP contribution is -3.12. The molecule has 8 nitrogen and oxygen atoms in total. The van der Waals surface area contributed by atoms with Gasteiger partial charge in [0.15, 0.2) is 5.82 Å². The number of fused-ring (bicyclic) bond motifs is 1. The van der Waals surface area contributed by atoms with Crippen LogP contribution in [0, 0.1) is 0 Å². The fourth-order valence-electron chi connectivity index (χ4n) is 4.25. The number of ether oxygens (including phenoxy) is 1. The second-order valence-electron chi connectivity index (χ2n) is 8.59. The first-order valence-electron chi connectivity index (χ1n) is 11.6. The van der Waals surface area contributed by atoms with Gasteiger partial charge in [-0.2, -0.15) is 0 Å². The van der Waals surface area contributed by atoms with Crippen molar-refractivity contribution in [1.82, 2.24) is 9.97 Å². The van der Waals surface area contributed by atoms with Gasteiger partial charge in [-0.3, -0.25) is 0 Å². The van der Waals surface area contributed by atoms with E-state index in [9.17, 15) is 8.42 Å². The molecule has 0 radical (unpaired) electrons. The summed E-state index contributed by atoms with van der Waals surface area (Å²) in [5, 5.41) is 11.9. The molecule has 0 bridgehead atoms. The van der Waals surface area contributed by atoms with Crippen LogP contribution in [0.1, 0.15) is 11.4 Å². The normalized spacial score (nSPS) is 14.9. The van der Waals surface area contributed by atoms with E-state index in [1.165, 1.54) is 4.90 Å². The molecular weight excluding hydrogens is 482 g/mol. The standard InChI is InChI=1S/C25H27N5O3S2/c26-35(31,32)20-8-6-18(7-9-20)10-11-27-24-23-21(19-4-2-1-3-5-19)17-34-25(23)29-22(28-24)16-30-12-14-33-15-13-30/h1-9,17H,10-16H2,(H2,26,31,32)(H,27,28,29)/p+1. The van der Waals surface area contributed by atoms with Gasteiger partial charge in [0, 0.05) is 17.5 Å². The van der Waals surface area contributed by atoms with Gasteiger partial charge < -0.3 is 15.0 Å². The fourth-order valence-corrected chi connectivity index (χ4v) is 5.74. The van der Waals surface area contributed by atoms with E-state index in [0.29, 0.717) is 13.0 Å². The molecule has 182 valence electrons. The molecule has 0 unspecified atom stereocenters. The van der Waals surface area contributed by atoms with Crippen molar-refractivity contribution in [3.8, 4) is 11.1 Å². The average Bonchev–Trinajstić information content (AvgIpc) is 3.29. The van der Waals surface area contributed by atoms with Crippen LogP contribution >= 0.6 is 11.3 Å². The van der Waals surface area contributed by atoms with Gasteiger partial charge in [0.1, 0.15) is 30.3 Å². The predicted octanol–water partition coefficient (Wildman–Crippen LogP) is 2.08. The van der Waals surface area contributed by atoms with E-state index in [1.54, 1.807) is 35.6 Å². The number of aromatic nitrogens is 2. The first-order chi connectivity index (χ1) is 17.0. The Morgan fingerprint density at radius 3 is 2.49 bits per heavy atom. The lowest BCUT2D eigenvalue weighted by Gasteiger charge is -2.23. The lowest BCUT2D eigenvalue weighted by atomic mass is 10.1. The minimum atomic E-state index is -3.69. The lowest BCUT2D eigenvalue weighted by molar-refractivity contribution is -0.922. The van der Waals surface area contributed by atoms with Crippen molar-refractivity contribution in [1.29, 1.82) is 0 Å². The van der Waals surface area contributed by atoms with E-state index < -0.39 is 10.0 Å². The Morgan fingerprint density at radius 2 is 1.77 bits per heavy atom. The Balaban J connectivity index is 1.41. The van der Waals surface area contributed by atoms with Crippen LogP contribution in [-0.4, -0.2) is 51.2 Å². The first-order valence-corrected chi connectivity index (χ1v) is 14.0. The molecule has 0 amide bonds. The number of hydrogen-bond donors (Lipinski definition) is 3. The predicted molar refractivity (Wildman–Crippen MR) is 138 cm³/mol. The number of hydrogen-bond acceptors (Lipinski definition) is 7. The third kappa shape index (κ3) is 5.68. The SMILES string of the molecule is NS(=O)(=O)c1ccc(CCNc2nc(C[NH+]3CCOCC3)nc3scc(-c4ccccc4)c23)cc1. The largest absolute Gasteiger partial charge is 0.370 e. The molecule has 1 saturated heterocycles. The molecule has 1 fully saturated rings. The van der Waals surface area contributed by atoms with Crippen molar-refractivity contribution in [2.45, 2.75) is 17.9 Å². The fraction of sp³-hybridized carbons (Fsp3) is 0.280. The molecule has 4 aromatic rings. The molecule has 3 heterocycles. The van der Waals surface area contributed by atoms with Gasteiger partial charge in [0.2, 0.25) is 10.0 Å². The number of quaternary nitrogens is 1. The van der Waals surface area contributed by atoms with E-state index in [1.807, 2.05) is 18.2 Å². The minimum absolute atomic E-state index is 0.118. The summed E-state index contributed by atoms with van der Waals surface area (Å²) in [5.74, 6) is 1.66. The van der Waals surface area contributed by atoms with E-state index in [-0.39, 0.29) is 4.90 Å². The van der Waals surface area contributed by atoms with Crippen molar-refractivity contribution in [2.24, 2.45) is 5.14 Å². The number of sulfonamides is 1. The second-order valence-corrected chi connectivity index (χ2v) is 11.0. The van der Waals surface area contributed by atoms with E-state index in [0.717, 1.165) is 71.4 Å². The van der Waals surface area contributed by atoms with Crippen molar-refractivity contribution in [3.05, 3.63) is 71.4 Å². The molecule has 0 saturated carbocycles. The number of nitrogens with two attached hydrogens (primary N) is 1. The van der Waals surface area contributed by atoms with E-state index >= 15 is 0 Å². The number of primary sulfonamides is 1. The molecule has 10 heteroatoms. The quantitative estimate of drug-likeness (QED) is 0.335. The van der Waals surface area contributed by atoms with Crippen LogP contribution in [0.4, 0.5) is 5.82 Å². The molecular formula is C25H28N5O3S2+. The van der Waals surface area contributed by atoms with Crippen LogP contribution in [0.5, 0.6) is 0 Å². The van der Waals surface area contributed by atoms with Gasteiger partial charge in [-0.15, -0.1) is 11.3 Å². The summed E-state index contributed by atoms with van der Waals surface area (Å²) in [5.41, 5.74) is 3.27. The maximum Gasteiger partial charge on any atom is 0.238 e. The van der Waals surface area contributed by atoms with Crippen molar-refractivity contribution < 1.29 is 18.1 Å². The monoisotopic (exact) mass is 510 g/mol. The summed E-state index contributed by atoms with van der Waals surface area (Å²) < 4.78 is 28.5. The number of anilines is 1. The highest BCUT2D eigenvalue weighted by atomic mass is 32.2. The third-order valence-corrected chi connectivity index (χ3v) is 7.93. The highest BCUT2D eigenvalue weighted by Gasteiger charge is 2.20. The van der Waals surface area contributed by atoms with Gasteiger partial charge in [-0.1, -0.05) is 42.5 Å². The summed E-state index contributed by atoms with van der Waals surface area (Å²) in [6, 6.07) is 17.0. The van der Waals surface area contributed by atoms with E-state index in [4.69, 9.17) is 19.8 Å². The zero-order valence-electron chi connectivity index (χ0n) is 19.2. The van der Waals surface area contributed by atoms with Gasteiger partial charge in [0.25, 0.3) is 0 Å². The Hall–Kier alpha value is -2.89. The molecule has 2 aromatic heterocycles. The van der Waals surface area contributed by atoms with Gasteiger partial charge in [-0.05, 0) is 29.7 Å². The Kier molecular flexibility index (Phi) is 7.07. The van der Waals surface area contributed by atoms with Crippen LogP contribution in [0.3, 0.4) is 0 Å². The van der Waals surface area contributed by atoms with E-state index in [2.05, 4.69) is 22.8 Å². The molecule has 1 aliphatic heterocycles. The topological polar surface area (TPSA) is 112 Å². The maximum absolute atomic E-state index is 11.5. The number of benzene rings is 2. The summed E-state index contributed by atoms with van der Waals surface area (Å²) in [6.45, 7) is 4.86. The van der Waals surface area contributed by atoms with Gasteiger partial charge in [0.05, 0.1) is 23.5 Å². The van der Waals surface area contributed by atoms with Crippen LogP contribution < -0.4 is 15.4 Å². The Labute approximate surface area is 208 Å². The summed E-state index contributed by atoms with van der Waals surface area (Å²) in [7, 11) is -3.69. The molecule has 4 N–H and O–H groups in total. The zero-order valence-corrected chi connectivity index (χ0v) is 20.9. The molecule has 0 atom stereocenters. The third-order valence-electron chi connectivity index (χ3n) is 6.13. The van der Waals surface area contributed by atoms with Gasteiger partial charge in [-0.25, -0.2) is 23.5 Å². The maximum atomic E-state index is 11.5. The zero-order chi connectivity index (χ0) is 24.3. The Bertz CT molecular complexity index is 1400. The molecule has 5 rings (SSSR count). The smallest absolute Gasteiger partial charge is 0.238 e. The second kappa shape index (κ2) is 10.4. The molecule has 0 spiro atoms. The Morgan fingerprint density at radius 1 is 1.03 bits per heavy atom.